The molecular weight excluding hydrogens is 368 g/mol. The molecule has 1 aliphatic rings. The Bertz CT molecular complexity index is 1060. The molecule has 2 heterocycles. The van der Waals surface area contributed by atoms with E-state index in [2.05, 4.69) is 15.0 Å². The average molecular weight is 383 g/mol. The summed E-state index contributed by atoms with van der Waals surface area (Å²) in [7, 11) is 1.30. The summed E-state index contributed by atoms with van der Waals surface area (Å²) in [4.78, 5) is 28.2. The number of carbonyl (C=O) groups is 2. The first-order valence-corrected chi connectivity index (χ1v) is 8.48. The number of benzene rings is 2. The van der Waals surface area contributed by atoms with E-state index >= 15 is 0 Å². The SMILES string of the molecule is COC(=O)c1ccc(C2CC(=O)Nc3c2ncn3-c2cc(F)cc(F)c2)cc1. The lowest BCUT2D eigenvalue weighted by Gasteiger charge is -2.23. The predicted molar refractivity (Wildman–Crippen MR) is 96.4 cm³/mol. The van der Waals surface area contributed by atoms with Crippen LogP contribution in [-0.2, 0) is 9.53 Å². The van der Waals surface area contributed by atoms with Crippen molar-refractivity contribution >= 4 is 17.7 Å². The van der Waals surface area contributed by atoms with Gasteiger partial charge in [0.2, 0.25) is 5.91 Å². The van der Waals surface area contributed by atoms with Gasteiger partial charge >= 0.3 is 5.97 Å². The van der Waals surface area contributed by atoms with Crippen molar-refractivity contribution in [2.45, 2.75) is 12.3 Å². The third-order valence-electron chi connectivity index (χ3n) is 4.63. The fourth-order valence-corrected chi connectivity index (χ4v) is 3.33. The minimum atomic E-state index is -0.727. The van der Waals surface area contributed by atoms with Gasteiger partial charge in [-0.1, -0.05) is 12.1 Å². The van der Waals surface area contributed by atoms with Crippen molar-refractivity contribution in [1.82, 2.24) is 9.55 Å². The zero-order valence-electron chi connectivity index (χ0n) is 14.8. The Labute approximate surface area is 158 Å². The zero-order chi connectivity index (χ0) is 19.8. The first-order chi connectivity index (χ1) is 13.5. The fourth-order valence-electron chi connectivity index (χ4n) is 3.33. The summed E-state index contributed by atoms with van der Waals surface area (Å²) in [6, 6.07) is 9.80. The summed E-state index contributed by atoms with van der Waals surface area (Å²) < 4.78 is 33.3. The molecule has 1 unspecified atom stereocenters. The monoisotopic (exact) mass is 383 g/mol. The molecule has 0 fully saturated rings. The first kappa shape index (κ1) is 17.8. The molecule has 28 heavy (non-hydrogen) atoms. The van der Waals surface area contributed by atoms with E-state index in [9.17, 15) is 18.4 Å². The summed E-state index contributed by atoms with van der Waals surface area (Å²) in [5.41, 5.74) is 1.98. The van der Waals surface area contributed by atoms with Gasteiger partial charge in [0.25, 0.3) is 0 Å². The minimum Gasteiger partial charge on any atom is -0.465 e. The summed E-state index contributed by atoms with van der Waals surface area (Å²) in [5, 5.41) is 2.73. The van der Waals surface area contributed by atoms with Crippen LogP contribution in [0.2, 0.25) is 0 Å². The van der Waals surface area contributed by atoms with Gasteiger partial charge in [0, 0.05) is 18.4 Å². The van der Waals surface area contributed by atoms with Crippen molar-refractivity contribution in [2.24, 2.45) is 0 Å². The van der Waals surface area contributed by atoms with Gasteiger partial charge in [-0.15, -0.1) is 0 Å². The lowest BCUT2D eigenvalue weighted by molar-refractivity contribution is -0.116. The molecule has 0 bridgehead atoms. The number of halogens is 2. The van der Waals surface area contributed by atoms with Gasteiger partial charge in [0.05, 0.1) is 24.1 Å². The summed E-state index contributed by atoms with van der Waals surface area (Å²) in [6.07, 6.45) is 1.58. The third kappa shape index (κ3) is 3.13. The van der Waals surface area contributed by atoms with E-state index in [1.54, 1.807) is 24.3 Å². The van der Waals surface area contributed by atoms with Gasteiger partial charge in [0.1, 0.15) is 23.8 Å². The van der Waals surface area contributed by atoms with Crippen LogP contribution in [-0.4, -0.2) is 28.5 Å². The summed E-state index contributed by atoms with van der Waals surface area (Å²) in [5.74, 6) is -2.14. The Morgan fingerprint density at radius 1 is 1.18 bits per heavy atom. The first-order valence-electron chi connectivity index (χ1n) is 8.48. The van der Waals surface area contributed by atoms with Crippen molar-refractivity contribution in [3.05, 3.63) is 77.2 Å². The lowest BCUT2D eigenvalue weighted by Crippen LogP contribution is -2.25. The number of aromatic nitrogens is 2. The number of carbonyl (C=O) groups excluding carboxylic acids is 2. The number of nitrogens with zero attached hydrogens (tertiary/aromatic N) is 2. The second kappa shape index (κ2) is 6.88. The maximum atomic E-state index is 13.6. The number of amides is 1. The molecule has 6 nitrogen and oxygen atoms in total. The van der Waals surface area contributed by atoms with Crippen LogP contribution in [0.25, 0.3) is 5.69 Å². The highest BCUT2D eigenvalue weighted by Gasteiger charge is 2.31. The van der Waals surface area contributed by atoms with Crippen LogP contribution in [0.5, 0.6) is 0 Å². The van der Waals surface area contributed by atoms with Crippen LogP contribution in [0.3, 0.4) is 0 Å². The van der Waals surface area contributed by atoms with Crippen LogP contribution in [0.4, 0.5) is 14.6 Å². The van der Waals surface area contributed by atoms with E-state index in [4.69, 9.17) is 0 Å². The average Bonchev–Trinajstić information content (AvgIpc) is 3.10. The van der Waals surface area contributed by atoms with E-state index in [1.807, 2.05) is 0 Å². The number of imidazole rings is 1. The molecule has 2 aromatic carbocycles. The molecule has 0 saturated carbocycles. The van der Waals surface area contributed by atoms with Gasteiger partial charge < -0.3 is 10.1 Å². The van der Waals surface area contributed by atoms with Gasteiger partial charge in [-0.2, -0.15) is 0 Å². The van der Waals surface area contributed by atoms with Crippen molar-refractivity contribution in [3.8, 4) is 5.69 Å². The third-order valence-corrected chi connectivity index (χ3v) is 4.63. The van der Waals surface area contributed by atoms with Crippen LogP contribution in [0.1, 0.15) is 34.0 Å². The highest BCUT2D eigenvalue weighted by Crippen LogP contribution is 2.37. The molecule has 4 rings (SSSR count). The number of esters is 1. The predicted octanol–water partition coefficient (Wildman–Crippen LogP) is 3.41. The number of rotatable bonds is 3. The standard InChI is InChI=1S/C20H15F2N3O3/c1-28-20(27)12-4-2-11(3-5-12)16-9-17(26)24-19-18(16)23-10-25(19)15-7-13(21)6-14(22)8-15/h2-8,10,16H,9H2,1H3,(H,24,26). The zero-order valence-corrected chi connectivity index (χ0v) is 14.8. The van der Waals surface area contributed by atoms with Crippen LogP contribution in [0.15, 0.2) is 48.8 Å². The molecule has 0 radical (unpaired) electrons. The highest BCUT2D eigenvalue weighted by molar-refractivity contribution is 5.94. The summed E-state index contributed by atoms with van der Waals surface area (Å²) in [6.45, 7) is 0. The number of methoxy groups -OCH3 is 1. The van der Waals surface area contributed by atoms with E-state index in [1.165, 1.54) is 18.0 Å². The molecule has 8 heteroatoms. The Morgan fingerprint density at radius 2 is 1.86 bits per heavy atom. The van der Waals surface area contributed by atoms with Crippen molar-refractivity contribution in [3.63, 3.8) is 0 Å². The van der Waals surface area contributed by atoms with E-state index in [0.29, 0.717) is 17.1 Å². The molecule has 0 aliphatic carbocycles. The van der Waals surface area contributed by atoms with Crippen molar-refractivity contribution in [1.29, 1.82) is 0 Å². The van der Waals surface area contributed by atoms with Crippen LogP contribution >= 0.6 is 0 Å². The van der Waals surface area contributed by atoms with Crippen molar-refractivity contribution in [2.75, 3.05) is 12.4 Å². The number of ether oxygens (including phenoxy) is 1. The molecular formula is C20H15F2N3O3. The number of hydrogen-bond donors (Lipinski definition) is 1. The van der Waals surface area contributed by atoms with E-state index in [0.717, 1.165) is 23.8 Å². The Balaban J connectivity index is 1.75. The van der Waals surface area contributed by atoms with E-state index in [-0.39, 0.29) is 23.9 Å². The minimum absolute atomic E-state index is 0.166. The smallest absolute Gasteiger partial charge is 0.337 e. The molecule has 0 saturated heterocycles. The molecule has 1 aliphatic heterocycles. The maximum Gasteiger partial charge on any atom is 0.337 e. The van der Waals surface area contributed by atoms with Gasteiger partial charge in [-0.3, -0.25) is 9.36 Å². The second-order valence-electron chi connectivity index (χ2n) is 6.39. The Morgan fingerprint density at radius 3 is 2.50 bits per heavy atom. The molecule has 1 N–H and O–H groups in total. The van der Waals surface area contributed by atoms with E-state index < -0.39 is 17.6 Å². The number of nitrogens with one attached hydrogen (secondary N) is 1. The molecule has 0 spiro atoms. The topological polar surface area (TPSA) is 73.2 Å². The molecule has 1 amide bonds. The largest absolute Gasteiger partial charge is 0.465 e. The van der Waals surface area contributed by atoms with Crippen molar-refractivity contribution < 1.29 is 23.1 Å². The lowest BCUT2D eigenvalue weighted by atomic mass is 9.89. The Kier molecular flexibility index (Phi) is 4.38. The second-order valence-corrected chi connectivity index (χ2v) is 6.39. The quantitative estimate of drug-likeness (QED) is 0.704. The van der Waals surface area contributed by atoms with Crippen LogP contribution in [0, 0.1) is 11.6 Å². The maximum absolute atomic E-state index is 13.6. The van der Waals surface area contributed by atoms with Gasteiger partial charge in [-0.05, 0) is 29.8 Å². The van der Waals surface area contributed by atoms with Gasteiger partial charge in [0.15, 0.2) is 0 Å². The molecule has 142 valence electrons. The van der Waals surface area contributed by atoms with Crippen LogP contribution < -0.4 is 5.32 Å². The molecule has 1 aromatic heterocycles. The normalized spacial score (nSPS) is 15.7. The highest BCUT2D eigenvalue weighted by atomic mass is 19.1. The van der Waals surface area contributed by atoms with Gasteiger partial charge in [-0.25, -0.2) is 18.6 Å². The Hall–Kier alpha value is -3.55. The molecule has 3 aromatic rings. The summed E-state index contributed by atoms with van der Waals surface area (Å²) >= 11 is 0. The number of hydrogen-bond acceptors (Lipinski definition) is 4. The number of anilines is 1. The molecule has 1 atom stereocenters. The number of fused-ring (bicyclic) bond motifs is 1. The fraction of sp³-hybridized carbons (Fsp3) is 0.150.